The van der Waals surface area contributed by atoms with Gasteiger partial charge >= 0.3 is 0 Å². The average molecular weight is 472 g/mol. The number of hydrogen-bond donors (Lipinski definition) is 0. The third kappa shape index (κ3) is 4.32. The molecule has 3 nitrogen and oxygen atoms in total. The Balaban J connectivity index is 1.88. The van der Waals surface area contributed by atoms with Crippen LogP contribution < -0.4 is 0 Å². The Morgan fingerprint density at radius 2 is 1.53 bits per heavy atom. The van der Waals surface area contributed by atoms with Crippen LogP contribution in [-0.2, 0) is 9.84 Å². The maximum absolute atomic E-state index is 11.8. The fourth-order valence-corrected chi connectivity index (χ4v) is 5.52. The third-order valence-electron chi connectivity index (χ3n) is 4.64. The molecule has 0 N–H and O–H groups in total. The van der Waals surface area contributed by atoms with Gasteiger partial charge in [0.1, 0.15) is 5.01 Å². The molecule has 152 valence electrons. The van der Waals surface area contributed by atoms with E-state index in [0.717, 1.165) is 32.3 Å². The molecule has 30 heavy (non-hydrogen) atoms. The fraction of sp³-hybridized carbons (Fsp3) is 0.0870. The summed E-state index contributed by atoms with van der Waals surface area (Å²) in [4.78, 5) is 7.38. The van der Waals surface area contributed by atoms with E-state index >= 15 is 0 Å². The van der Waals surface area contributed by atoms with Gasteiger partial charge in [0.2, 0.25) is 0 Å². The lowest BCUT2D eigenvalue weighted by atomic mass is 10.1. The number of sulfone groups is 1. The highest BCUT2D eigenvalue weighted by atomic mass is 35.5. The fourth-order valence-electron chi connectivity index (χ4n) is 3.06. The van der Waals surface area contributed by atoms with Crippen LogP contribution in [0.1, 0.15) is 0 Å². The lowest BCUT2D eigenvalue weighted by molar-refractivity contribution is 0.602. The number of thiazole rings is 1. The number of benzene rings is 3. The van der Waals surface area contributed by atoms with Crippen molar-refractivity contribution in [3.8, 4) is 32.3 Å². The molecule has 0 aliphatic carbocycles. The van der Waals surface area contributed by atoms with E-state index < -0.39 is 9.84 Å². The number of hydrogen-bond acceptors (Lipinski definition) is 5. The van der Waals surface area contributed by atoms with Gasteiger partial charge in [-0.3, -0.25) is 0 Å². The lowest BCUT2D eigenvalue weighted by Crippen LogP contribution is -1.96. The predicted octanol–water partition coefficient (Wildman–Crippen LogP) is 6.92. The molecule has 1 aromatic heterocycles. The Bertz CT molecular complexity index is 1300. The maximum Gasteiger partial charge on any atom is 0.175 e. The van der Waals surface area contributed by atoms with Crippen LogP contribution in [0.15, 0.2) is 82.6 Å². The van der Waals surface area contributed by atoms with Crippen LogP contribution in [0.3, 0.4) is 0 Å². The second-order valence-electron chi connectivity index (χ2n) is 6.70. The normalized spacial score (nSPS) is 11.6. The summed E-state index contributed by atoms with van der Waals surface area (Å²) in [6.07, 6.45) is 3.26. The molecule has 0 aliphatic rings. The van der Waals surface area contributed by atoms with Crippen LogP contribution >= 0.6 is 34.7 Å². The molecule has 1 heterocycles. The lowest BCUT2D eigenvalue weighted by Gasteiger charge is -2.05. The Morgan fingerprint density at radius 3 is 2.13 bits per heavy atom. The predicted molar refractivity (Wildman–Crippen MR) is 128 cm³/mol. The first-order valence-corrected chi connectivity index (χ1v) is 13.4. The summed E-state index contributed by atoms with van der Waals surface area (Å²) in [6, 6.07) is 22.9. The Labute approximate surface area is 189 Å². The molecule has 4 aromatic rings. The Kier molecular flexibility index (Phi) is 6.02. The zero-order valence-corrected chi connectivity index (χ0v) is 19.5. The van der Waals surface area contributed by atoms with Crippen molar-refractivity contribution in [2.24, 2.45) is 0 Å². The van der Waals surface area contributed by atoms with Gasteiger partial charge in [0.15, 0.2) is 9.84 Å². The molecular formula is C23H18ClNO2S3. The van der Waals surface area contributed by atoms with Crippen molar-refractivity contribution < 1.29 is 8.42 Å². The van der Waals surface area contributed by atoms with Gasteiger partial charge in [0, 0.05) is 22.3 Å². The first-order valence-electron chi connectivity index (χ1n) is 9.07. The Hall–Kier alpha value is -2.12. The van der Waals surface area contributed by atoms with Crippen LogP contribution in [0.4, 0.5) is 0 Å². The summed E-state index contributed by atoms with van der Waals surface area (Å²) in [7, 11) is -3.25. The second kappa shape index (κ2) is 8.55. The molecule has 0 radical (unpaired) electrons. The van der Waals surface area contributed by atoms with Crippen molar-refractivity contribution in [2.75, 3.05) is 12.5 Å². The van der Waals surface area contributed by atoms with E-state index in [-0.39, 0.29) is 0 Å². The standard InChI is InChI=1S/C23H18ClNO2S3/c1-28-17-11-7-15(8-12-17)21-22(16-9-13-18(14-10-16)30(2,26)27)29-23(25-21)19-5-3-4-6-20(19)24/h3-14H,1-2H3. The van der Waals surface area contributed by atoms with E-state index in [0.29, 0.717) is 9.92 Å². The van der Waals surface area contributed by atoms with Gasteiger partial charge in [-0.1, -0.05) is 54.1 Å². The minimum Gasteiger partial charge on any atom is -0.235 e. The highest BCUT2D eigenvalue weighted by Crippen LogP contribution is 2.42. The first kappa shape index (κ1) is 21.1. The summed E-state index contributed by atoms with van der Waals surface area (Å²) < 4.78 is 23.7. The van der Waals surface area contributed by atoms with Gasteiger partial charge in [-0.2, -0.15) is 0 Å². The highest BCUT2D eigenvalue weighted by molar-refractivity contribution is 7.98. The zero-order chi connectivity index (χ0) is 21.3. The third-order valence-corrected chi connectivity index (χ3v) is 7.98. The summed E-state index contributed by atoms with van der Waals surface area (Å²) in [5, 5.41) is 1.47. The number of rotatable bonds is 5. The van der Waals surface area contributed by atoms with Gasteiger partial charge in [0.05, 0.1) is 20.5 Å². The van der Waals surface area contributed by atoms with Crippen molar-refractivity contribution >= 4 is 44.5 Å². The van der Waals surface area contributed by atoms with Crippen molar-refractivity contribution in [1.29, 1.82) is 0 Å². The number of thioether (sulfide) groups is 1. The highest BCUT2D eigenvalue weighted by Gasteiger charge is 2.18. The first-order chi connectivity index (χ1) is 14.4. The summed E-state index contributed by atoms with van der Waals surface area (Å²) in [5.74, 6) is 0. The summed E-state index contributed by atoms with van der Waals surface area (Å²) in [5.41, 5.74) is 3.66. The van der Waals surface area contributed by atoms with Gasteiger partial charge in [-0.05, 0) is 42.2 Å². The van der Waals surface area contributed by atoms with Gasteiger partial charge in [-0.25, -0.2) is 13.4 Å². The quantitative estimate of drug-likeness (QED) is 0.296. The number of nitrogens with zero attached hydrogens (tertiary/aromatic N) is 1. The molecule has 0 unspecified atom stereocenters. The maximum atomic E-state index is 11.8. The molecular weight excluding hydrogens is 454 g/mol. The zero-order valence-electron chi connectivity index (χ0n) is 16.3. The summed E-state index contributed by atoms with van der Waals surface area (Å²) in [6.45, 7) is 0. The molecule has 4 rings (SSSR count). The SMILES string of the molecule is CSc1ccc(-c2nc(-c3ccccc3Cl)sc2-c2ccc(S(C)(=O)=O)cc2)cc1. The van der Waals surface area contributed by atoms with Gasteiger partial charge in [-0.15, -0.1) is 23.1 Å². The van der Waals surface area contributed by atoms with E-state index in [1.54, 1.807) is 35.2 Å². The van der Waals surface area contributed by atoms with Gasteiger partial charge < -0.3 is 0 Å². The van der Waals surface area contributed by atoms with Crippen LogP contribution in [-0.4, -0.2) is 25.9 Å². The Morgan fingerprint density at radius 1 is 0.900 bits per heavy atom. The largest absolute Gasteiger partial charge is 0.235 e. The molecule has 7 heteroatoms. The van der Waals surface area contributed by atoms with Gasteiger partial charge in [0.25, 0.3) is 0 Å². The monoisotopic (exact) mass is 471 g/mol. The minimum absolute atomic E-state index is 0.299. The molecule has 0 bridgehead atoms. The van der Waals surface area contributed by atoms with E-state index in [4.69, 9.17) is 16.6 Å². The van der Waals surface area contributed by atoms with Crippen LogP contribution in [0.25, 0.3) is 32.3 Å². The molecule has 0 saturated heterocycles. The van der Waals surface area contributed by atoms with Crippen molar-refractivity contribution in [3.63, 3.8) is 0 Å². The molecule has 0 aliphatic heterocycles. The van der Waals surface area contributed by atoms with E-state index in [9.17, 15) is 8.42 Å². The summed E-state index contributed by atoms with van der Waals surface area (Å²) >= 11 is 9.66. The molecule has 0 saturated carbocycles. The number of halogens is 1. The van der Waals surface area contributed by atoms with Crippen LogP contribution in [0, 0.1) is 0 Å². The average Bonchev–Trinajstić information content (AvgIpc) is 3.19. The van der Waals surface area contributed by atoms with Crippen LogP contribution in [0.5, 0.6) is 0 Å². The number of aromatic nitrogens is 1. The van der Waals surface area contributed by atoms with Crippen molar-refractivity contribution in [2.45, 2.75) is 9.79 Å². The molecule has 0 amide bonds. The van der Waals surface area contributed by atoms with Crippen molar-refractivity contribution in [1.82, 2.24) is 4.98 Å². The van der Waals surface area contributed by atoms with Crippen molar-refractivity contribution in [3.05, 3.63) is 77.8 Å². The second-order valence-corrected chi connectivity index (χ2v) is 11.0. The van der Waals surface area contributed by atoms with E-state index in [2.05, 4.69) is 24.3 Å². The van der Waals surface area contributed by atoms with Crippen LogP contribution in [0.2, 0.25) is 5.02 Å². The van der Waals surface area contributed by atoms with E-state index in [1.807, 2.05) is 42.7 Å². The molecule has 0 atom stereocenters. The molecule has 0 spiro atoms. The minimum atomic E-state index is -3.25. The molecule has 0 fully saturated rings. The van der Waals surface area contributed by atoms with E-state index in [1.165, 1.54) is 11.2 Å². The smallest absolute Gasteiger partial charge is 0.175 e. The topological polar surface area (TPSA) is 47.0 Å². The molecule has 3 aromatic carbocycles.